The minimum absolute atomic E-state index is 0.480. The molecule has 5 nitrogen and oxygen atoms in total. The second-order valence-electron chi connectivity index (χ2n) is 7.02. The van der Waals surface area contributed by atoms with Gasteiger partial charge in [0, 0.05) is 32.7 Å². The SMILES string of the molecule is Cc1cccc(CN2CCN(Cc3nnc(-c4ccccc4Cl)o3)CC2)c1. The van der Waals surface area contributed by atoms with E-state index in [1.165, 1.54) is 11.1 Å². The summed E-state index contributed by atoms with van der Waals surface area (Å²) in [6.45, 7) is 7.90. The van der Waals surface area contributed by atoms with Crippen LogP contribution in [0, 0.1) is 6.92 Å². The average Bonchev–Trinajstić information content (AvgIpc) is 3.12. The Morgan fingerprint density at radius 2 is 1.67 bits per heavy atom. The average molecular weight is 383 g/mol. The van der Waals surface area contributed by atoms with Crippen LogP contribution in [0.15, 0.2) is 52.9 Å². The van der Waals surface area contributed by atoms with Crippen molar-refractivity contribution >= 4 is 11.6 Å². The van der Waals surface area contributed by atoms with E-state index < -0.39 is 0 Å². The molecule has 140 valence electrons. The summed E-state index contributed by atoms with van der Waals surface area (Å²) in [5.41, 5.74) is 3.47. The van der Waals surface area contributed by atoms with E-state index in [0.717, 1.165) is 38.3 Å². The molecule has 2 heterocycles. The fourth-order valence-electron chi connectivity index (χ4n) is 3.43. The van der Waals surface area contributed by atoms with Crippen LogP contribution in [0.3, 0.4) is 0 Å². The maximum atomic E-state index is 6.21. The third-order valence-corrected chi connectivity index (χ3v) is 5.21. The summed E-state index contributed by atoms with van der Waals surface area (Å²) >= 11 is 6.21. The molecule has 0 radical (unpaired) electrons. The van der Waals surface area contributed by atoms with Crippen LogP contribution in [0.5, 0.6) is 0 Å². The second kappa shape index (κ2) is 8.21. The van der Waals surface area contributed by atoms with Gasteiger partial charge in [-0.15, -0.1) is 10.2 Å². The van der Waals surface area contributed by atoms with Gasteiger partial charge in [-0.3, -0.25) is 9.80 Å². The Hall–Kier alpha value is -2.21. The molecule has 1 aliphatic heterocycles. The zero-order valence-corrected chi connectivity index (χ0v) is 16.2. The molecule has 2 aromatic carbocycles. The Labute approximate surface area is 164 Å². The Morgan fingerprint density at radius 1 is 0.926 bits per heavy atom. The predicted molar refractivity (Wildman–Crippen MR) is 106 cm³/mol. The number of halogens is 1. The summed E-state index contributed by atoms with van der Waals surface area (Å²) in [6, 6.07) is 16.3. The molecule has 0 amide bonds. The molecule has 1 fully saturated rings. The van der Waals surface area contributed by atoms with Crippen molar-refractivity contribution in [1.29, 1.82) is 0 Å². The number of nitrogens with zero attached hydrogens (tertiary/aromatic N) is 4. The van der Waals surface area contributed by atoms with E-state index in [1.807, 2.05) is 24.3 Å². The predicted octanol–water partition coefficient (Wildman–Crippen LogP) is 4.02. The highest BCUT2D eigenvalue weighted by Gasteiger charge is 2.20. The lowest BCUT2D eigenvalue weighted by Crippen LogP contribution is -2.45. The highest BCUT2D eigenvalue weighted by Crippen LogP contribution is 2.26. The van der Waals surface area contributed by atoms with E-state index in [9.17, 15) is 0 Å². The molecule has 6 heteroatoms. The van der Waals surface area contributed by atoms with Crippen LogP contribution in [0.4, 0.5) is 0 Å². The van der Waals surface area contributed by atoms with Crippen LogP contribution in [0.25, 0.3) is 11.5 Å². The van der Waals surface area contributed by atoms with Gasteiger partial charge in [-0.2, -0.15) is 0 Å². The maximum Gasteiger partial charge on any atom is 0.249 e. The van der Waals surface area contributed by atoms with E-state index >= 15 is 0 Å². The molecular weight excluding hydrogens is 360 g/mol. The molecule has 4 rings (SSSR count). The number of benzene rings is 2. The monoisotopic (exact) mass is 382 g/mol. The summed E-state index contributed by atoms with van der Waals surface area (Å²) in [5, 5.41) is 8.97. The fraction of sp³-hybridized carbons (Fsp3) is 0.333. The van der Waals surface area contributed by atoms with Gasteiger partial charge in [0.1, 0.15) is 0 Å². The van der Waals surface area contributed by atoms with Crippen molar-refractivity contribution in [3.05, 3.63) is 70.6 Å². The van der Waals surface area contributed by atoms with Crippen molar-refractivity contribution in [3.8, 4) is 11.5 Å². The van der Waals surface area contributed by atoms with Crippen LogP contribution in [0.1, 0.15) is 17.0 Å². The summed E-state index contributed by atoms with van der Waals surface area (Å²) < 4.78 is 5.83. The number of aryl methyl sites for hydroxylation is 1. The summed E-state index contributed by atoms with van der Waals surface area (Å²) in [5.74, 6) is 1.12. The molecular formula is C21H23ClN4O. The standard InChI is InChI=1S/C21H23ClN4O/c1-16-5-4-6-17(13-16)14-25-9-11-26(12-10-25)15-20-23-24-21(27-20)18-7-2-3-8-19(18)22/h2-8,13H,9-12,14-15H2,1H3. The lowest BCUT2D eigenvalue weighted by atomic mass is 10.1. The van der Waals surface area contributed by atoms with Gasteiger partial charge in [0.05, 0.1) is 17.1 Å². The minimum Gasteiger partial charge on any atom is -0.419 e. The Balaban J connectivity index is 1.31. The first-order valence-corrected chi connectivity index (χ1v) is 9.63. The first-order valence-electron chi connectivity index (χ1n) is 9.25. The van der Waals surface area contributed by atoms with Gasteiger partial charge in [0.2, 0.25) is 11.8 Å². The molecule has 0 aliphatic carbocycles. The zero-order chi connectivity index (χ0) is 18.6. The molecule has 0 N–H and O–H groups in total. The van der Waals surface area contributed by atoms with Crippen molar-refractivity contribution < 1.29 is 4.42 Å². The van der Waals surface area contributed by atoms with E-state index in [-0.39, 0.29) is 0 Å². The van der Waals surface area contributed by atoms with Crippen molar-refractivity contribution in [2.75, 3.05) is 26.2 Å². The lowest BCUT2D eigenvalue weighted by molar-refractivity contribution is 0.114. The van der Waals surface area contributed by atoms with Crippen LogP contribution in [-0.2, 0) is 13.1 Å². The van der Waals surface area contributed by atoms with Gasteiger partial charge < -0.3 is 4.42 Å². The summed E-state index contributed by atoms with van der Waals surface area (Å²) in [7, 11) is 0. The van der Waals surface area contributed by atoms with E-state index in [2.05, 4.69) is 51.2 Å². The Morgan fingerprint density at radius 3 is 2.41 bits per heavy atom. The molecule has 3 aromatic rings. The van der Waals surface area contributed by atoms with Gasteiger partial charge in [-0.25, -0.2) is 0 Å². The second-order valence-corrected chi connectivity index (χ2v) is 7.43. The van der Waals surface area contributed by atoms with Crippen molar-refractivity contribution in [1.82, 2.24) is 20.0 Å². The van der Waals surface area contributed by atoms with Gasteiger partial charge in [0.15, 0.2) is 0 Å². The van der Waals surface area contributed by atoms with Crippen LogP contribution >= 0.6 is 11.6 Å². The van der Waals surface area contributed by atoms with Crippen LogP contribution in [-0.4, -0.2) is 46.2 Å². The zero-order valence-electron chi connectivity index (χ0n) is 15.4. The van der Waals surface area contributed by atoms with E-state index in [1.54, 1.807) is 0 Å². The van der Waals surface area contributed by atoms with Gasteiger partial charge in [0.25, 0.3) is 0 Å². The third-order valence-electron chi connectivity index (χ3n) is 4.88. The molecule has 0 spiro atoms. The smallest absolute Gasteiger partial charge is 0.249 e. The summed E-state index contributed by atoms with van der Waals surface area (Å²) in [4.78, 5) is 4.85. The van der Waals surface area contributed by atoms with Crippen molar-refractivity contribution in [3.63, 3.8) is 0 Å². The number of piperazine rings is 1. The molecule has 0 unspecified atom stereocenters. The van der Waals surface area contributed by atoms with Gasteiger partial charge >= 0.3 is 0 Å². The van der Waals surface area contributed by atoms with Crippen LogP contribution < -0.4 is 0 Å². The number of hydrogen-bond donors (Lipinski definition) is 0. The maximum absolute atomic E-state index is 6.21. The lowest BCUT2D eigenvalue weighted by Gasteiger charge is -2.34. The van der Waals surface area contributed by atoms with E-state index in [0.29, 0.717) is 23.3 Å². The van der Waals surface area contributed by atoms with Crippen LogP contribution in [0.2, 0.25) is 5.02 Å². The Kier molecular flexibility index (Phi) is 5.53. The third kappa shape index (κ3) is 4.56. The van der Waals surface area contributed by atoms with E-state index in [4.69, 9.17) is 16.0 Å². The molecule has 0 saturated carbocycles. The fourth-order valence-corrected chi connectivity index (χ4v) is 3.64. The first-order chi connectivity index (χ1) is 13.2. The highest BCUT2D eigenvalue weighted by molar-refractivity contribution is 6.33. The topological polar surface area (TPSA) is 45.4 Å². The molecule has 0 atom stereocenters. The molecule has 1 saturated heterocycles. The quantitative estimate of drug-likeness (QED) is 0.667. The largest absolute Gasteiger partial charge is 0.419 e. The van der Waals surface area contributed by atoms with Gasteiger partial charge in [-0.1, -0.05) is 53.6 Å². The molecule has 1 aliphatic rings. The molecule has 27 heavy (non-hydrogen) atoms. The highest BCUT2D eigenvalue weighted by atomic mass is 35.5. The normalized spacial score (nSPS) is 15.9. The first kappa shape index (κ1) is 18.2. The van der Waals surface area contributed by atoms with Crippen molar-refractivity contribution in [2.24, 2.45) is 0 Å². The van der Waals surface area contributed by atoms with Gasteiger partial charge in [-0.05, 0) is 24.6 Å². The summed E-state index contributed by atoms with van der Waals surface area (Å²) in [6.07, 6.45) is 0. The Bertz CT molecular complexity index is 902. The number of aromatic nitrogens is 2. The number of rotatable bonds is 5. The molecule has 0 bridgehead atoms. The van der Waals surface area contributed by atoms with Crippen molar-refractivity contribution in [2.45, 2.75) is 20.0 Å². The molecule has 1 aromatic heterocycles. The number of hydrogen-bond acceptors (Lipinski definition) is 5. The minimum atomic E-state index is 0.480.